The van der Waals surface area contributed by atoms with Gasteiger partial charge in [0, 0.05) is 44.3 Å². The summed E-state index contributed by atoms with van der Waals surface area (Å²) in [5.41, 5.74) is -0.713. The highest BCUT2D eigenvalue weighted by atomic mass is 32.2. The van der Waals surface area contributed by atoms with E-state index in [1.54, 1.807) is 11.8 Å². The van der Waals surface area contributed by atoms with E-state index in [1.807, 2.05) is 25.7 Å². The Bertz CT molecular complexity index is 536. The number of piperidine rings is 1. The second-order valence-electron chi connectivity index (χ2n) is 8.34. The zero-order chi connectivity index (χ0) is 18.8. The number of likely N-dealkylation sites (tertiary alicyclic amines) is 2. The monoisotopic (exact) mass is 370 g/mol. The molecule has 0 saturated carbocycles. The number of hydrogen-bond donors (Lipinski definition) is 0. The van der Waals surface area contributed by atoms with Crippen LogP contribution in [-0.2, 0) is 14.3 Å². The Labute approximate surface area is 154 Å². The van der Waals surface area contributed by atoms with Crippen LogP contribution >= 0.6 is 11.8 Å². The second kappa shape index (κ2) is 7.56. The zero-order valence-corrected chi connectivity index (χ0v) is 16.8. The first-order valence-electron chi connectivity index (χ1n) is 8.92. The van der Waals surface area contributed by atoms with Crippen molar-refractivity contribution in [1.82, 2.24) is 9.80 Å². The lowest BCUT2D eigenvalue weighted by Crippen LogP contribution is -2.55. The van der Waals surface area contributed by atoms with Gasteiger partial charge in [-0.15, -0.1) is 0 Å². The van der Waals surface area contributed by atoms with Gasteiger partial charge in [0.05, 0.1) is 0 Å². The van der Waals surface area contributed by atoms with E-state index in [-0.39, 0.29) is 28.6 Å². The van der Waals surface area contributed by atoms with E-state index in [0.717, 1.165) is 12.8 Å². The highest BCUT2D eigenvalue weighted by Gasteiger charge is 2.44. The first-order valence-corrected chi connectivity index (χ1v) is 9.90. The topological polar surface area (TPSA) is 66.9 Å². The SMILES string of the molecule is CC(=O)SCC1CC(=O)N(C2(C)CCN(C(=O)OC(C)(C)C)CC2)C1. The number of ether oxygens (including phenoxy) is 1. The van der Waals surface area contributed by atoms with E-state index in [9.17, 15) is 14.4 Å². The molecular formula is C18H30N2O4S. The second-order valence-corrected chi connectivity index (χ2v) is 9.54. The molecule has 0 bridgehead atoms. The highest BCUT2D eigenvalue weighted by molar-refractivity contribution is 8.13. The van der Waals surface area contributed by atoms with Crippen molar-refractivity contribution in [3.05, 3.63) is 0 Å². The van der Waals surface area contributed by atoms with Crippen LogP contribution in [0.15, 0.2) is 0 Å². The third-order valence-electron chi connectivity index (χ3n) is 4.87. The molecule has 0 N–H and O–H groups in total. The molecule has 2 rings (SSSR count). The van der Waals surface area contributed by atoms with Crippen LogP contribution < -0.4 is 0 Å². The van der Waals surface area contributed by atoms with Gasteiger partial charge in [-0.05, 0) is 46.5 Å². The Balaban J connectivity index is 1.90. The van der Waals surface area contributed by atoms with Crippen molar-refractivity contribution >= 4 is 28.9 Å². The van der Waals surface area contributed by atoms with Crippen LogP contribution in [0.2, 0.25) is 0 Å². The van der Waals surface area contributed by atoms with Crippen LogP contribution in [0.5, 0.6) is 0 Å². The Hall–Kier alpha value is -1.24. The molecule has 7 heteroatoms. The van der Waals surface area contributed by atoms with Gasteiger partial charge in [-0.3, -0.25) is 9.59 Å². The maximum absolute atomic E-state index is 12.5. The number of nitrogens with zero attached hydrogens (tertiary/aromatic N) is 2. The van der Waals surface area contributed by atoms with Crippen LogP contribution in [0.1, 0.15) is 53.9 Å². The number of amides is 2. The average Bonchev–Trinajstić information content (AvgIpc) is 2.86. The molecule has 0 aromatic heterocycles. The lowest BCUT2D eigenvalue weighted by atomic mass is 9.88. The highest BCUT2D eigenvalue weighted by Crippen LogP contribution is 2.35. The van der Waals surface area contributed by atoms with E-state index in [2.05, 4.69) is 6.92 Å². The minimum absolute atomic E-state index is 0.0998. The molecule has 2 saturated heterocycles. The molecule has 2 aliphatic rings. The smallest absolute Gasteiger partial charge is 0.410 e. The fourth-order valence-electron chi connectivity index (χ4n) is 3.42. The molecule has 2 heterocycles. The summed E-state index contributed by atoms with van der Waals surface area (Å²) in [6.45, 7) is 11.2. The summed E-state index contributed by atoms with van der Waals surface area (Å²) in [5.74, 6) is 1.11. The van der Waals surface area contributed by atoms with Gasteiger partial charge in [0.1, 0.15) is 5.60 Å². The molecule has 25 heavy (non-hydrogen) atoms. The van der Waals surface area contributed by atoms with Crippen molar-refractivity contribution in [2.24, 2.45) is 5.92 Å². The Morgan fingerprint density at radius 3 is 2.40 bits per heavy atom. The van der Waals surface area contributed by atoms with Gasteiger partial charge in [0.2, 0.25) is 5.91 Å². The maximum Gasteiger partial charge on any atom is 0.410 e. The van der Waals surface area contributed by atoms with Gasteiger partial charge in [0.25, 0.3) is 0 Å². The third kappa shape index (κ3) is 5.36. The molecule has 1 atom stereocenters. The van der Waals surface area contributed by atoms with E-state index < -0.39 is 5.60 Å². The molecule has 0 aromatic carbocycles. The van der Waals surface area contributed by atoms with Gasteiger partial charge < -0.3 is 14.5 Å². The lowest BCUT2D eigenvalue weighted by Gasteiger charge is -2.45. The standard InChI is InChI=1S/C18H30N2O4S/c1-13(21)25-12-14-10-15(22)20(11-14)18(5)6-8-19(9-7-18)16(23)24-17(2,3)4/h14H,6-12H2,1-5H3. The van der Waals surface area contributed by atoms with Crippen LogP contribution in [0.3, 0.4) is 0 Å². The fourth-order valence-corrected chi connectivity index (χ4v) is 4.11. The molecule has 2 fully saturated rings. The van der Waals surface area contributed by atoms with Crippen molar-refractivity contribution in [3.63, 3.8) is 0 Å². The zero-order valence-electron chi connectivity index (χ0n) is 16.0. The van der Waals surface area contributed by atoms with Crippen LogP contribution in [0.4, 0.5) is 4.79 Å². The Morgan fingerprint density at radius 2 is 1.88 bits per heavy atom. The summed E-state index contributed by atoms with van der Waals surface area (Å²) in [7, 11) is 0. The molecule has 0 spiro atoms. The summed E-state index contributed by atoms with van der Waals surface area (Å²) >= 11 is 1.30. The molecule has 0 aromatic rings. The van der Waals surface area contributed by atoms with E-state index in [4.69, 9.17) is 4.74 Å². The van der Waals surface area contributed by atoms with E-state index >= 15 is 0 Å². The number of hydrogen-bond acceptors (Lipinski definition) is 5. The van der Waals surface area contributed by atoms with Gasteiger partial charge in [0.15, 0.2) is 5.12 Å². The van der Waals surface area contributed by atoms with Crippen molar-refractivity contribution in [3.8, 4) is 0 Å². The molecule has 2 amide bonds. The first kappa shape index (κ1) is 20.1. The number of carbonyl (C=O) groups is 3. The van der Waals surface area contributed by atoms with E-state index in [1.165, 1.54) is 11.8 Å². The molecule has 0 aliphatic carbocycles. The summed E-state index contributed by atoms with van der Waals surface area (Å²) in [6.07, 6.45) is 1.75. The van der Waals surface area contributed by atoms with Gasteiger partial charge in [-0.1, -0.05) is 11.8 Å². The summed E-state index contributed by atoms with van der Waals surface area (Å²) in [6, 6.07) is 0. The quantitative estimate of drug-likeness (QED) is 0.764. The first-order chi connectivity index (χ1) is 11.5. The lowest BCUT2D eigenvalue weighted by molar-refractivity contribution is -0.134. The summed E-state index contributed by atoms with van der Waals surface area (Å²) in [5, 5.41) is 0.0998. The molecule has 142 valence electrons. The maximum atomic E-state index is 12.5. The average molecular weight is 371 g/mol. The fraction of sp³-hybridized carbons (Fsp3) is 0.833. The molecular weight excluding hydrogens is 340 g/mol. The van der Waals surface area contributed by atoms with Crippen LogP contribution in [0, 0.1) is 5.92 Å². The number of thioether (sulfide) groups is 1. The van der Waals surface area contributed by atoms with Crippen molar-refractivity contribution < 1.29 is 19.1 Å². The van der Waals surface area contributed by atoms with Gasteiger partial charge >= 0.3 is 6.09 Å². The van der Waals surface area contributed by atoms with E-state index in [0.29, 0.717) is 31.8 Å². The predicted molar refractivity (Wildman–Crippen MR) is 98.4 cm³/mol. The Kier molecular flexibility index (Phi) is 6.07. The summed E-state index contributed by atoms with van der Waals surface area (Å²) in [4.78, 5) is 39.5. The Morgan fingerprint density at radius 1 is 1.28 bits per heavy atom. The normalized spacial score (nSPS) is 23.7. The predicted octanol–water partition coefficient (Wildman–Crippen LogP) is 2.90. The number of rotatable bonds is 3. The van der Waals surface area contributed by atoms with Gasteiger partial charge in [-0.2, -0.15) is 0 Å². The van der Waals surface area contributed by atoms with Crippen molar-refractivity contribution in [1.29, 1.82) is 0 Å². The third-order valence-corrected chi connectivity index (χ3v) is 5.92. The molecule has 2 aliphatic heterocycles. The summed E-state index contributed by atoms with van der Waals surface area (Å²) < 4.78 is 5.44. The molecule has 0 radical (unpaired) electrons. The number of carbonyl (C=O) groups excluding carboxylic acids is 3. The largest absolute Gasteiger partial charge is 0.444 e. The van der Waals surface area contributed by atoms with Crippen LogP contribution in [-0.4, -0.2) is 63.4 Å². The van der Waals surface area contributed by atoms with Crippen molar-refractivity contribution in [2.45, 2.75) is 65.0 Å². The molecule has 6 nitrogen and oxygen atoms in total. The van der Waals surface area contributed by atoms with Crippen LogP contribution in [0.25, 0.3) is 0 Å². The minimum Gasteiger partial charge on any atom is -0.444 e. The van der Waals surface area contributed by atoms with Gasteiger partial charge in [-0.25, -0.2) is 4.79 Å². The van der Waals surface area contributed by atoms with Crippen molar-refractivity contribution in [2.75, 3.05) is 25.4 Å². The molecule has 1 unspecified atom stereocenters. The minimum atomic E-state index is -0.496.